The number of nitrogens with one attached hydrogen (secondary N) is 1. The zero-order valence-electron chi connectivity index (χ0n) is 26.7. The Morgan fingerprint density at radius 1 is 1.25 bits per heavy atom. The molecule has 2 aromatic rings. The predicted octanol–water partition coefficient (Wildman–Crippen LogP) is 5.79. The van der Waals surface area contributed by atoms with Crippen LogP contribution in [0.4, 0.5) is 5.82 Å². The van der Waals surface area contributed by atoms with Crippen LogP contribution in [0.15, 0.2) is 33.5 Å². The van der Waals surface area contributed by atoms with Crippen molar-refractivity contribution >= 4 is 42.9 Å². The smallest absolute Gasteiger partial charge is 0.180 e. The summed E-state index contributed by atoms with van der Waals surface area (Å²) in [5.74, 6) is 1.15. The minimum absolute atomic E-state index is 0.137. The summed E-state index contributed by atoms with van der Waals surface area (Å²) < 4.78 is 1.02. The molecule has 1 fully saturated rings. The third kappa shape index (κ3) is 7.21. The maximum Gasteiger partial charge on any atom is 0.180 e. The molecule has 0 saturated carbocycles. The lowest BCUT2D eigenvalue weighted by Crippen LogP contribution is -2.30. The number of likely N-dealkylation sites (tertiary alicyclic amines) is 1. The van der Waals surface area contributed by atoms with Gasteiger partial charge < -0.3 is 15.5 Å². The highest BCUT2D eigenvalue weighted by atomic mass is 32.1. The van der Waals surface area contributed by atoms with E-state index in [1.165, 1.54) is 28.9 Å². The molecule has 0 aromatic carbocycles. The molecule has 2 aromatic heterocycles. The summed E-state index contributed by atoms with van der Waals surface area (Å²) in [5, 5.41) is 19.5. The monoisotopic (exact) mass is 630 g/mol. The van der Waals surface area contributed by atoms with Crippen LogP contribution in [-0.2, 0) is 12.8 Å². The third-order valence-corrected chi connectivity index (χ3v) is 11.3. The van der Waals surface area contributed by atoms with Gasteiger partial charge in [-0.25, -0.2) is 15.0 Å². The lowest BCUT2D eigenvalue weighted by Gasteiger charge is -2.26. The number of allylic oxidation sites excluding steroid dienone is 2. The number of thiophene rings is 1. The van der Waals surface area contributed by atoms with Crippen molar-refractivity contribution in [3.63, 3.8) is 0 Å². The second kappa shape index (κ2) is 14.6. The number of likely N-dealkylation sites (N-methyl/N-ethyl adjacent to an activating group) is 1. The number of nitrogens with zero attached hydrogens (tertiary/aromatic N) is 6. The standard InChI is InChI=1S/C34H47N8PS/c1-5-8-26(21(2)25-10-6-11-29-31(25)27(18-35)34(43)44-29)32(37)33-39-23(12-13-24-9-7-15-42(24)4)17-30(40-33)38-19-22-20-41(3)16-14-28(22)36/h17,19,24-25,37H,5-16,20,36,43H2,1-4H3/b26-21+,37-32?,38-19?. The van der Waals surface area contributed by atoms with Gasteiger partial charge in [-0.3, -0.25) is 5.41 Å². The number of aliphatic imine (C=N–C) groups is 1. The first kappa shape index (κ1) is 32.6. The maximum absolute atomic E-state index is 10.0. The van der Waals surface area contributed by atoms with Crippen molar-refractivity contribution in [1.29, 1.82) is 10.7 Å². The fourth-order valence-corrected chi connectivity index (χ4v) is 8.77. The van der Waals surface area contributed by atoms with E-state index in [2.05, 4.69) is 53.1 Å². The number of fused-ring (bicyclic) bond motifs is 1. The zero-order chi connectivity index (χ0) is 31.4. The van der Waals surface area contributed by atoms with Crippen molar-refractivity contribution in [3.8, 4) is 6.07 Å². The normalized spacial score (nSPS) is 21.9. The Balaban J connectivity index is 1.52. The van der Waals surface area contributed by atoms with Crippen molar-refractivity contribution in [3.05, 3.63) is 56.0 Å². The summed E-state index contributed by atoms with van der Waals surface area (Å²) in [7, 11) is 7.07. The summed E-state index contributed by atoms with van der Waals surface area (Å²) in [6, 6.07) is 5.02. The van der Waals surface area contributed by atoms with Gasteiger partial charge in [-0.05, 0) is 90.1 Å². The molecule has 234 valence electrons. The minimum Gasteiger partial charge on any atom is -0.402 e. The molecule has 1 saturated heterocycles. The van der Waals surface area contributed by atoms with Gasteiger partial charge in [0.05, 0.1) is 5.56 Å². The van der Waals surface area contributed by atoms with Crippen LogP contribution in [-0.4, -0.2) is 71.5 Å². The van der Waals surface area contributed by atoms with E-state index in [0.29, 0.717) is 23.4 Å². The van der Waals surface area contributed by atoms with E-state index in [0.717, 1.165) is 104 Å². The summed E-state index contributed by atoms with van der Waals surface area (Å²) in [5.41, 5.74) is 13.7. The largest absolute Gasteiger partial charge is 0.402 e. The molecule has 3 aliphatic rings. The number of aryl methyl sites for hydroxylation is 2. The molecule has 0 amide bonds. The van der Waals surface area contributed by atoms with Gasteiger partial charge in [0, 0.05) is 70.2 Å². The van der Waals surface area contributed by atoms with Gasteiger partial charge >= 0.3 is 0 Å². The number of hydrogen-bond acceptors (Lipinski definition) is 9. The van der Waals surface area contributed by atoms with Crippen molar-refractivity contribution in [2.24, 2.45) is 10.7 Å². The van der Waals surface area contributed by atoms with Crippen LogP contribution in [0.3, 0.4) is 0 Å². The highest BCUT2D eigenvalue weighted by Gasteiger charge is 2.30. The van der Waals surface area contributed by atoms with Crippen LogP contribution >= 0.6 is 20.6 Å². The topological polar surface area (TPSA) is 118 Å². The lowest BCUT2D eigenvalue weighted by atomic mass is 9.78. The molecule has 10 heteroatoms. The van der Waals surface area contributed by atoms with E-state index in [4.69, 9.17) is 20.7 Å². The first-order valence-corrected chi connectivity index (χ1v) is 17.5. The molecule has 0 spiro atoms. The number of nitrogens with two attached hydrogens (primary N) is 1. The molecule has 4 heterocycles. The van der Waals surface area contributed by atoms with E-state index in [1.54, 1.807) is 11.3 Å². The average molecular weight is 631 g/mol. The minimum atomic E-state index is 0.137. The Morgan fingerprint density at radius 2 is 2.07 bits per heavy atom. The van der Waals surface area contributed by atoms with Crippen LogP contribution in [0.1, 0.15) is 98.7 Å². The Bertz CT molecular complexity index is 1530. The molecule has 3 N–H and O–H groups in total. The molecule has 3 atom stereocenters. The van der Waals surface area contributed by atoms with E-state index >= 15 is 0 Å². The van der Waals surface area contributed by atoms with Crippen molar-refractivity contribution < 1.29 is 0 Å². The molecule has 5 rings (SSSR count). The molecular formula is C34H47N8PS. The first-order valence-electron chi connectivity index (χ1n) is 16.1. The second-order valence-electron chi connectivity index (χ2n) is 12.7. The fraction of sp³-hybridized carbons (Fsp3) is 0.559. The molecule has 0 radical (unpaired) electrons. The number of aromatic nitrogens is 2. The summed E-state index contributed by atoms with van der Waals surface area (Å²) in [6.07, 6.45) is 11.8. The van der Waals surface area contributed by atoms with Gasteiger partial charge in [0.15, 0.2) is 11.6 Å². The average Bonchev–Trinajstić information content (AvgIpc) is 3.59. The van der Waals surface area contributed by atoms with Gasteiger partial charge in [0.1, 0.15) is 11.8 Å². The van der Waals surface area contributed by atoms with Gasteiger partial charge in [-0.2, -0.15) is 5.26 Å². The van der Waals surface area contributed by atoms with E-state index in [-0.39, 0.29) is 5.92 Å². The quantitative estimate of drug-likeness (QED) is 0.253. The number of hydrogen-bond donors (Lipinski definition) is 2. The van der Waals surface area contributed by atoms with Gasteiger partial charge in [0.2, 0.25) is 0 Å². The third-order valence-electron chi connectivity index (χ3n) is 9.57. The highest BCUT2D eigenvalue weighted by molar-refractivity contribution is 7.43. The van der Waals surface area contributed by atoms with Gasteiger partial charge in [-0.15, -0.1) is 11.3 Å². The molecular weight excluding hydrogens is 583 g/mol. The molecule has 44 heavy (non-hydrogen) atoms. The Morgan fingerprint density at radius 3 is 2.80 bits per heavy atom. The molecule has 3 unspecified atom stereocenters. The van der Waals surface area contributed by atoms with E-state index in [9.17, 15) is 10.7 Å². The summed E-state index contributed by atoms with van der Waals surface area (Å²) in [6.45, 7) is 7.18. The molecule has 2 aliphatic heterocycles. The summed E-state index contributed by atoms with van der Waals surface area (Å²) in [4.78, 5) is 20.7. The Labute approximate surface area is 269 Å². The SMILES string of the molecule is CCC/C(C(=N)c1nc(CCC2CCCN2C)cc(N=CC2=C(N)CCN(C)C2)n1)=C(/C)C1CCCc2sc(P)c(C#N)c21. The number of rotatable bonds is 10. The van der Waals surface area contributed by atoms with E-state index < -0.39 is 0 Å². The van der Waals surface area contributed by atoms with E-state index in [1.807, 2.05) is 12.3 Å². The lowest BCUT2D eigenvalue weighted by molar-refractivity contribution is 0.296. The Hall–Kier alpha value is -2.76. The molecule has 1 aliphatic carbocycles. The zero-order valence-corrected chi connectivity index (χ0v) is 28.7. The number of nitriles is 1. The maximum atomic E-state index is 10.0. The Kier molecular flexibility index (Phi) is 10.8. The van der Waals surface area contributed by atoms with Crippen molar-refractivity contribution in [2.75, 3.05) is 33.7 Å². The van der Waals surface area contributed by atoms with Crippen LogP contribution in [0.2, 0.25) is 0 Å². The van der Waals surface area contributed by atoms with Gasteiger partial charge in [-0.1, -0.05) is 28.2 Å². The van der Waals surface area contributed by atoms with Crippen LogP contribution in [0.5, 0.6) is 0 Å². The second-order valence-corrected chi connectivity index (χ2v) is 14.8. The summed E-state index contributed by atoms with van der Waals surface area (Å²) >= 11 is 1.73. The van der Waals surface area contributed by atoms with Crippen LogP contribution < -0.4 is 10.4 Å². The van der Waals surface area contributed by atoms with Gasteiger partial charge in [0.25, 0.3) is 0 Å². The fourth-order valence-electron chi connectivity index (χ4n) is 7.00. The van der Waals surface area contributed by atoms with Crippen molar-refractivity contribution in [2.45, 2.75) is 90.0 Å². The molecule has 0 bridgehead atoms. The van der Waals surface area contributed by atoms with Crippen LogP contribution in [0, 0.1) is 16.7 Å². The molecule has 8 nitrogen and oxygen atoms in total. The highest BCUT2D eigenvalue weighted by Crippen LogP contribution is 2.43. The van der Waals surface area contributed by atoms with Crippen LogP contribution in [0.25, 0.3) is 0 Å². The predicted molar refractivity (Wildman–Crippen MR) is 186 cm³/mol. The van der Waals surface area contributed by atoms with Crippen molar-refractivity contribution in [1.82, 2.24) is 19.8 Å². The first-order chi connectivity index (χ1) is 21.2.